The summed E-state index contributed by atoms with van der Waals surface area (Å²) in [6.45, 7) is 1.86. The Morgan fingerprint density at radius 3 is 1.88 bits per heavy atom. The molecule has 0 bridgehead atoms. The van der Waals surface area contributed by atoms with Crippen molar-refractivity contribution in [3.05, 3.63) is 100 Å². The minimum absolute atomic E-state index is 0.0134. The normalized spacial score (nSPS) is 15.2. The third-order valence-electron chi connectivity index (χ3n) is 6.37. The van der Waals surface area contributed by atoms with E-state index in [1.807, 2.05) is 0 Å². The zero-order valence-corrected chi connectivity index (χ0v) is 21.9. The van der Waals surface area contributed by atoms with Gasteiger partial charge in [0.25, 0.3) is 0 Å². The Bertz CT molecular complexity index is 1450. The lowest BCUT2D eigenvalue weighted by molar-refractivity contribution is -0.138. The second-order valence-corrected chi connectivity index (χ2v) is 9.08. The molecule has 41 heavy (non-hydrogen) atoms. The molecule has 1 aliphatic heterocycles. The van der Waals surface area contributed by atoms with E-state index >= 15 is 0 Å². The van der Waals surface area contributed by atoms with Crippen LogP contribution < -0.4 is 9.47 Å². The van der Waals surface area contributed by atoms with Gasteiger partial charge in [0, 0.05) is 6.54 Å². The number of likely N-dealkylation sites (N-methyl/N-ethyl adjacent to an activating group) is 1. The molecule has 1 N–H and O–H groups in total. The van der Waals surface area contributed by atoms with Gasteiger partial charge in [-0.25, -0.2) is 4.79 Å². The van der Waals surface area contributed by atoms with Crippen LogP contribution in [0.5, 0.6) is 11.5 Å². The quantitative estimate of drug-likeness (QED) is 0.281. The molecule has 12 heteroatoms. The molecule has 0 unspecified atom stereocenters. The van der Waals surface area contributed by atoms with Crippen LogP contribution in [-0.4, -0.2) is 35.3 Å². The van der Waals surface area contributed by atoms with Crippen LogP contribution in [0.1, 0.15) is 34.7 Å². The first-order valence-electron chi connectivity index (χ1n) is 12.3. The summed E-state index contributed by atoms with van der Waals surface area (Å²) >= 11 is 0. The minimum Gasteiger partial charge on any atom is -0.493 e. The van der Waals surface area contributed by atoms with Crippen LogP contribution in [0.4, 0.5) is 31.1 Å². The number of amides is 2. The first-order chi connectivity index (χ1) is 19.3. The van der Waals surface area contributed by atoms with E-state index < -0.39 is 29.5 Å². The minimum atomic E-state index is -4.49. The van der Waals surface area contributed by atoms with Crippen molar-refractivity contribution in [2.75, 3.05) is 13.7 Å². The standard InChI is InChI=1S/C29H25F6N3O3/c1-3-37-26(36)23(38(27(37)39)16-18-4-9-21(10-5-18)28(30,31)32)14-20-8-13-24(25(15-20)40-2)41-17-19-6-11-22(12-7-19)29(33,34)35/h4-15,36H,3,16-17H2,1-2H3. The molecule has 0 radical (unpaired) electrons. The molecule has 216 valence electrons. The zero-order chi connectivity index (χ0) is 29.9. The predicted molar refractivity (Wildman–Crippen MR) is 139 cm³/mol. The van der Waals surface area contributed by atoms with Crippen molar-refractivity contribution in [3.8, 4) is 11.5 Å². The number of carbonyl (C=O) groups is 1. The summed E-state index contributed by atoms with van der Waals surface area (Å²) in [6, 6.07) is 13.4. The average Bonchev–Trinajstić information content (AvgIpc) is 3.15. The van der Waals surface area contributed by atoms with Crippen molar-refractivity contribution >= 4 is 17.9 Å². The molecule has 1 aliphatic rings. The van der Waals surface area contributed by atoms with Gasteiger partial charge in [0.15, 0.2) is 17.3 Å². The lowest BCUT2D eigenvalue weighted by Crippen LogP contribution is -2.32. The number of ether oxygens (including phenoxy) is 2. The van der Waals surface area contributed by atoms with Gasteiger partial charge in [-0.15, -0.1) is 0 Å². The van der Waals surface area contributed by atoms with Crippen LogP contribution in [0.25, 0.3) is 6.08 Å². The number of nitrogens with zero attached hydrogens (tertiary/aromatic N) is 2. The zero-order valence-electron chi connectivity index (χ0n) is 21.9. The second-order valence-electron chi connectivity index (χ2n) is 9.08. The molecule has 4 rings (SSSR count). The van der Waals surface area contributed by atoms with E-state index in [-0.39, 0.29) is 31.2 Å². The first-order valence-corrected chi connectivity index (χ1v) is 12.3. The predicted octanol–water partition coefficient (Wildman–Crippen LogP) is 7.59. The lowest BCUT2D eigenvalue weighted by atomic mass is 10.1. The van der Waals surface area contributed by atoms with Crippen LogP contribution in [0.3, 0.4) is 0 Å². The van der Waals surface area contributed by atoms with Crippen molar-refractivity contribution < 1.29 is 40.6 Å². The van der Waals surface area contributed by atoms with Crippen molar-refractivity contribution in [1.82, 2.24) is 9.80 Å². The van der Waals surface area contributed by atoms with Gasteiger partial charge in [-0.1, -0.05) is 30.3 Å². The Hall–Kier alpha value is -4.48. The molecule has 0 aromatic heterocycles. The van der Waals surface area contributed by atoms with E-state index in [0.717, 1.165) is 24.3 Å². The summed E-state index contributed by atoms with van der Waals surface area (Å²) in [6.07, 6.45) is -7.34. The summed E-state index contributed by atoms with van der Waals surface area (Å²) in [5.41, 5.74) is 0.195. The Balaban J connectivity index is 1.55. The van der Waals surface area contributed by atoms with E-state index in [4.69, 9.17) is 14.9 Å². The topological polar surface area (TPSA) is 65.9 Å². The van der Waals surface area contributed by atoms with Gasteiger partial charge >= 0.3 is 18.4 Å². The number of amidine groups is 1. The largest absolute Gasteiger partial charge is 0.493 e. The molecule has 1 fully saturated rings. The van der Waals surface area contributed by atoms with Crippen molar-refractivity contribution in [2.24, 2.45) is 0 Å². The molecule has 0 saturated carbocycles. The van der Waals surface area contributed by atoms with Crippen LogP contribution in [0, 0.1) is 5.41 Å². The number of rotatable bonds is 8. The van der Waals surface area contributed by atoms with Gasteiger partial charge in [-0.2, -0.15) is 26.3 Å². The number of benzene rings is 3. The highest BCUT2D eigenvalue weighted by molar-refractivity contribution is 6.15. The highest BCUT2D eigenvalue weighted by atomic mass is 19.4. The Labute approximate surface area is 231 Å². The number of carbonyl (C=O) groups excluding carboxylic acids is 1. The second kappa shape index (κ2) is 11.6. The SMILES string of the molecule is CCN1C(=N)C(=Cc2ccc(OCc3ccc(C(F)(F)F)cc3)c(OC)c2)N(Cc2ccc(C(F)(F)F)cc2)C1=O. The van der Waals surface area contributed by atoms with Gasteiger partial charge in [-0.05, 0) is 66.1 Å². The third kappa shape index (κ3) is 6.64. The van der Waals surface area contributed by atoms with Gasteiger partial charge in [0.1, 0.15) is 6.61 Å². The van der Waals surface area contributed by atoms with E-state index in [9.17, 15) is 31.1 Å². The monoisotopic (exact) mass is 577 g/mol. The number of nitrogens with one attached hydrogen (secondary N) is 1. The lowest BCUT2D eigenvalue weighted by Gasteiger charge is -2.18. The van der Waals surface area contributed by atoms with E-state index in [0.29, 0.717) is 28.2 Å². The highest BCUT2D eigenvalue weighted by Gasteiger charge is 2.37. The fraction of sp³-hybridized carbons (Fsp3) is 0.241. The number of alkyl halides is 6. The Kier molecular flexibility index (Phi) is 8.32. The van der Waals surface area contributed by atoms with Crippen molar-refractivity contribution in [1.29, 1.82) is 5.41 Å². The molecular weight excluding hydrogens is 552 g/mol. The van der Waals surface area contributed by atoms with Crippen LogP contribution >= 0.6 is 0 Å². The summed E-state index contributed by atoms with van der Waals surface area (Å²) in [5, 5.41) is 8.53. The highest BCUT2D eigenvalue weighted by Crippen LogP contribution is 2.34. The number of methoxy groups -OCH3 is 1. The van der Waals surface area contributed by atoms with E-state index in [1.165, 1.54) is 41.2 Å². The summed E-state index contributed by atoms with van der Waals surface area (Å²) in [4.78, 5) is 15.6. The Morgan fingerprint density at radius 1 is 0.805 bits per heavy atom. The van der Waals surface area contributed by atoms with E-state index in [2.05, 4.69) is 0 Å². The fourth-order valence-electron chi connectivity index (χ4n) is 4.19. The van der Waals surface area contributed by atoms with Crippen LogP contribution in [-0.2, 0) is 25.5 Å². The number of urea groups is 1. The summed E-state index contributed by atoms with van der Waals surface area (Å²) in [5.74, 6) is 0.568. The molecule has 0 aliphatic carbocycles. The fourth-order valence-corrected chi connectivity index (χ4v) is 4.19. The maximum Gasteiger partial charge on any atom is 0.416 e. The molecule has 1 heterocycles. The van der Waals surface area contributed by atoms with Crippen LogP contribution in [0.2, 0.25) is 0 Å². The molecule has 0 atom stereocenters. The molecule has 2 amide bonds. The number of hydrogen-bond donors (Lipinski definition) is 1. The van der Waals surface area contributed by atoms with Gasteiger partial charge in [0.2, 0.25) is 0 Å². The van der Waals surface area contributed by atoms with Crippen molar-refractivity contribution in [3.63, 3.8) is 0 Å². The average molecular weight is 578 g/mol. The molecule has 1 saturated heterocycles. The molecular formula is C29H25F6N3O3. The van der Waals surface area contributed by atoms with Gasteiger partial charge in [0.05, 0.1) is 30.5 Å². The maximum atomic E-state index is 13.0. The molecule has 6 nitrogen and oxygen atoms in total. The smallest absolute Gasteiger partial charge is 0.416 e. The van der Waals surface area contributed by atoms with Crippen molar-refractivity contribution in [2.45, 2.75) is 32.4 Å². The number of hydrogen-bond acceptors (Lipinski definition) is 4. The van der Waals surface area contributed by atoms with E-state index in [1.54, 1.807) is 31.2 Å². The number of halogens is 6. The molecule has 3 aromatic carbocycles. The first kappa shape index (κ1) is 29.5. The summed E-state index contributed by atoms with van der Waals surface area (Å²) in [7, 11) is 1.41. The van der Waals surface area contributed by atoms with Crippen LogP contribution in [0.15, 0.2) is 72.4 Å². The molecule has 0 spiro atoms. The maximum absolute atomic E-state index is 13.0. The van der Waals surface area contributed by atoms with Gasteiger partial charge in [-0.3, -0.25) is 15.2 Å². The third-order valence-corrected chi connectivity index (χ3v) is 6.37. The molecule has 3 aromatic rings. The Morgan fingerprint density at radius 2 is 1.37 bits per heavy atom. The summed E-state index contributed by atoms with van der Waals surface area (Å²) < 4.78 is 88.4. The van der Waals surface area contributed by atoms with Gasteiger partial charge < -0.3 is 9.47 Å².